The van der Waals surface area contributed by atoms with Crippen LogP contribution >= 0.6 is 0 Å². The van der Waals surface area contributed by atoms with E-state index in [2.05, 4.69) is 67.7 Å². The third-order valence-electron chi connectivity index (χ3n) is 6.72. The minimum atomic E-state index is -2.12. The number of amides is 1. The average molecular weight is 416 g/mol. The molecule has 0 aromatic carbocycles. The Balaban J connectivity index is 2.98. The molecule has 1 amide bonds. The van der Waals surface area contributed by atoms with Crippen molar-refractivity contribution in [2.75, 3.05) is 0 Å². The van der Waals surface area contributed by atoms with Gasteiger partial charge >= 0.3 is 0 Å². The number of hydrogen-bond donors (Lipinski definition) is 0. The average Bonchev–Trinajstić information content (AvgIpc) is 2.45. The van der Waals surface area contributed by atoms with Gasteiger partial charge < -0.3 is 13.7 Å². The van der Waals surface area contributed by atoms with Crippen LogP contribution in [-0.2, 0) is 18.5 Å². The highest BCUT2D eigenvalue weighted by atomic mass is 28.4. The quantitative estimate of drug-likeness (QED) is 0.313. The lowest BCUT2D eigenvalue weighted by atomic mass is 9.83. The van der Waals surface area contributed by atoms with Gasteiger partial charge in [0.25, 0.3) is 5.91 Å². The molecule has 0 radical (unpaired) electrons. The first kappa shape index (κ1) is 24.5. The lowest BCUT2D eigenvalue weighted by Crippen LogP contribution is -2.68. The number of carbonyl (C=O) groups is 2. The maximum atomic E-state index is 13.0. The van der Waals surface area contributed by atoms with E-state index in [0.717, 1.165) is 6.29 Å². The van der Waals surface area contributed by atoms with Gasteiger partial charge in [0.15, 0.2) is 8.32 Å². The third kappa shape index (κ3) is 5.31. The Morgan fingerprint density at radius 3 is 1.93 bits per heavy atom. The summed E-state index contributed by atoms with van der Waals surface area (Å²) in [7, 11) is -4.09. The molecule has 1 rings (SSSR count). The molecule has 27 heavy (non-hydrogen) atoms. The molecule has 5 nitrogen and oxygen atoms in total. The number of carbonyl (C=O) groups excluding carboxylic acids is 2. The fourth-order valence-electron chi connectivity index (χ4n) is 2.80. The van der Waals surface area contributed by atoms with Gasteiger partial charge in [-0.2, -0.15) is 0 Å². The van der Waals surface area contributed by atoms with Crippen LogP contribution in [0.15, 0.2) is 0 Å². The molecule has 0 N–H and O–H groups in total. The van der Waals surface area contributed by atoms with Crippen molar-refractivity contribution in [3.8, 4) is 0 Å². The van der Waals surface area contributed by atoms with Gasteiger partial charge in [0.1, 0.15) is 6.29 Å². The maximum Gasteiger partial charge on any atom is 0.253 e. The highest BCUT2D eigenvalue weighted by Crippen LogP contribution is 2.44. The van der Waals surface area contributed by atoms with Gasteiger partial charge in [-0.3, -0.25) is 4.79 Å². The van der Waals surface area contributed by atoms with E-state index in [1.54, 1.807) is 5.06 Å². The normalized spacial score (nSPS) is 23.2. The van der Waals surface area contributed by atoms with E-state index in [-0.39, 0.29) is 34.0 Å². The minimum absolute atomic E-state index is 0.00179. The molecule has 1 aliphatic rings. The van der Waals surface area contributed by atoms with Crippen LogP contribution in [0.4, 0.5) is 0 Å². The summed E-state index contributed by atoms with van der Waals surface area (Å²) in [5, 5.41) is 1.66. The van der Waals surface area contributed by atoms with Crippen LogP contribution in [0.25, 0.3) is 0 Å². The number of nitrogens with zero attached hydrogens (tertiary/aromatic N) is 1. The molecule has 158 valence electrons. The van der Waals surface area contributed by atoms with E-state index < -0.39 is 16.6 Å². The number of rotatable bonds is 8. The molecule has 0 aromatic rings. The summed E-state index contributed by atoms with van der Waals surface area (Å²) in [6.45, 7) is 23.8. The standard InChI is InChI=1S/C20H41NO4Si2/c1-15(24-26(8,9)19(2,3)4)17-16(13-12-14-22)21(18(17)23)25-27(10,11)20(5,6)7/h14-17H,12-13H2,1-11H3/t15-,16-,17-/m1/s1. The lowest BCUT2D eigenvalue weighted by Gasteiger charge is -2.53. The summed E-state index contributed by atoms with van der Waals surface area (Å²) in [6, 6.07) is -0.0865. The number of β-lactam (4-membered cyclic amide) rings is 1. The van der Waals surface area contributed by atoms with Crippen molar-refractivity contribution in [3.05, 3.63) is 0 Å². The van der Waals surface area contributed by atoms with Gasteiger partial charge in [-0.05, 0) is 49.6 Å². The van der Waals surface area contributed by atoms with E-state index >= 15 is 0 Å². The minimum Gasteiger partial charge on any atom is -0.413 e. The number of aldehydes is 1. The Morgan fingerprint density at radius 2 is 1.52 bits per heavy atom. The van der Waals surface area contributed by atoms with Crippen LogP contribution in [0.3, 0.4) is 0 Å². The summed E-state index contributed by atoms with van der Waals surface area (Å²) in [5.74, 6) is -0.231. The van der Waals surface area contributed by atoms with Crippen molar-refractivity contribution in [1.82, 2.24) is 5.06 Å². The molecule has 0 aromatic heterocycles. The molecule has 0 saturated carbocycles. The highest BCUT2D eigenvalue weighted by Gasteiger charge is 2.55. The Bertz CT molecular complexity index is 549. The van der Waals surface area contributed by atoms with Crippen LogP contribution in [0, 0.1) is 5.92 Å². The van der Waals surface area contributed by atoms with Crippen molar-refractivity contribution in [1.29, 1.82) is 0 Å². The van der Waals surface area contributed by atoms with E-state index in [9.17, 15) is 9.59 Å². The second kappa shape index (κ2) is 8.09. The van der Waals surface area contributed by atoms with Crippen LogP contribution in [0.1, 0.15) is 61.3 Å². The van der Waals surface area contributed by atoms with Gasteiger partial charge in [0.05, 0.1) is 18.1 Å². The largest absolute Gasteiger partial charge is 0.413 e. The third-order valence-corrected chi connectivity index (χ3v) is 15.6. The van der Waals surface area contributed by atoms with E-state index in [1.165, 1.54) is 0 Å². The Labute approximate surface area is 168 Å². The zero-order chi connectivity index (χ0) is 21.4. The maximum absolute atomic E-state index is 13.0. The first-order chi connectivity index (χ1) is 12.0. The van der Waals surface area contributed by atoms with Gasteiger partial charge in [0.2, 0.25) is 8.32 Å². The summed E-state index contributed by atoms with van der Waals surface area (Å²) < 4.78 is 12.8. The van der Waals surface area contributed by atoms with Crippen molar-refractivity contribution in [2.24, 2.45) is 5.92 Å². The molecular weight excluding hydrogens is 374 g/mol. The van der Waals surface area contributed by atoms with Crippen LogP contribution < -0.4 is 0 Å². The molecule has 7 heteroatoms. The smallest absolute Gasteiger partial charge is 0.253 e. The van der Waals surface area contributed by atoms with Crippen LogP contribution in [0.5, 0.6) is 0 Å². The second-order valence-electron chi connectivity index (χ2n) is 10.9. The number of hydroxylamine groups is 2. The topological polar surface area (TPSA) is 55.8 Å². The van der Waals surface area contributed by atoms with Gasteiger partial charge in [-0.25, -0.2) is 5.06 Å². The Hall–Kier alpha value is -0.506. The zero-order valence-corrected chi connectivity index (χ0v) is 21.3. The van der Waals surface area contributed by atoms with E-state index in [4.69, 9.17) is 8.95 Å². The highest BCUT2D eigenvalue weighted by molar-refractivity contribution is 6.74. The predicted molar refractivity (Wildman–Crippen MR) is 115 cm³/mol. The molecule has 1 fully saturated rings. The summed E-state index contributed by atoms with van der Waals surface area (Å²) in [4.78, 5) is 23.9. The Morgan fingerprint density at radius 1 is 1.04 bits per heavy atom. The van der Waals surface area contributed by atoms with Crippen LogP contribution in [-0.4, -0.2) is 46.0 Å². The molecule has 0 aliphatic carbocycles. The fraction of sp³-hybridized carbons (Fsp3) is 0.900. The first-order valence-electron chi connectivity index (χ1n) is 10.1. The first-order valence-corrected chi connectivity index (χ1v) is 15.9. The molecule has 0 spiro atoms. The van der Waals surface area contributed by atoms with Crippen LogP contribution in [0.2, 0.25) is 36.3 Å². The second-order valence-corrected chi connectivity index (χ2v) is 20.4. The van der Waals surface area contributed by atoms with Crippen molar-refractivity contribution in [3.63, 3.8) is 0 Å². The van der Waals surface area contributed by atoms with Gasteiger partial charge in [-0.1, -0.05) is 41.5 Å². The predicted octanol–water partition coefficient (Wildman–Crippen LogP) is 5.14. The fourth-order valence-corrected chi connectivity index (χ4v) is 5.22. The molecule has 0 bridgehead atoms. The molecule has 3 atom stereocenters. The zero-order valence-electron chi connectivity index (χ0n) is 19.3. The van der Waals surface area contributed by atoms with Gasteiger partial charge in [0, 0.05) is 6.42 Å². The summed E-state index contributed by atoms with van der Waals surface area (Å²) in [6.07, 6.45) is 1.80. The monoisotopic (exact) mass is 415 g/mol. The Kier molecular flexibility index (Phi) is 7.35. The SMILES string of the molecule is C[C@@H](O[Si](C)(C)C(C)(C)C)[C@H]1C(=O)N(O[Si](C)(C)C(C)(C)C)[C@@H]1CCC=O. The van der Waals surface area contributed by atoms with Crippen molar-refractivity contribution in [2.45, 2.75) is 110 Å². The van der Waals surface area contributed by atoms with E-state index in [1.807, 2.05) is 6.92 Å². The van der Waals surface area contributed by atoms with Gasteiger partial charge in [-0.15, -0.1) is 0 Å². The van der Waals surface area contributed by atoms with Crippen molar-refractivity contribution < 1.29 is 18.5 Å². The molecule has 1 heterocycles. The lowest BCUT2D eigenvalue weighted by molar-refractivity contribution is -0.220. The molecule has 1 aliphatic heterocycles. The summed E-state index contributed by atoms with van der Waals surface area (Å²) >= 11 is 0. The molecular formula is C20H41NO4Si2. The molecule has 1 saturated heterocycles. The van der Waals surface area contributed by atoms with Crippen molar-refractivity contribution >= 4 is 28.8 Å². The molecule has 0 unspecified atom stereocenters. The summed E-state index contributed by atoms with van der Waals surface area (Å²) in [5.41, 5.74) is 0. The number of hydrogen-bond acceptors (Lipinski definition) is 4. The van der Waals surface area contributed by atoms with E-state index in [0.29, 0.717) is 12.8 Å².